The van der Waals surface area contributed by atoms with Crippen LogP contribution in [0, 0.1) is 11.6 Å². The molecule has 0 aliphatic rings. The van der Waals surface area contributed by atoms with Crippen molar-refractivity contribution in [2.75, 3.05) is 0 Å². The first-order valence-corrected chi connectivity index (χ1v) is 9.72. The third-order valence-electron chi connectivity index (χ3n) is 5.05. The highest BCUT2D eigenvalue weighted by atomic mass is 19.1. The van der Waals surface area contributed by atoms with E-state index in [-0.39, 0.29) is 13.1 Å². The Morgan fingerprint density at radius 2 is 1.45 bits per heavy atom. The summed E-state index contributed by atoms with van der Waals surface area (Å²) in [5, 5.41) is 23.2. The van der Waals surface area contributed by atoms with Crippen LogP contribution in [0.2, 0.25) is 0 Å². The Morgan fingerprint density at radius 1 is 0.879 bits per heavy atom. The molecule has 0 saturated heterocycles. The van der Waals surface area contributed by atoms with Crippen LogP contribution in [0.1, 0.15) is 21.5 Å². The van der Waals surface area contributed by atoms with E-state index >= 15 is 0 Å². The molecule has 8 nitrogen and oxygen atoms in total. The molecule has 10 heteroatoms. The molecule has 2 aromatic heterocycles. The van der Waals surface area contributed by atoms with Gasteiger partial charge in [0, 0.05) is 12.7 Å². The molecular formula is C23H17F2N3O5. The van der Waals surface area contributed by atoms with Crippen molar-refractivity contribution in [1.82, 2.24) is 14.3 Å². The molecule has 2 aromatic carbocycles. The maximum atomic E-state index is 13.1. The van der Waals surface area contributed by atoms with Crippen molar-refractivity contribution in [3.63, 3.8) is 0 Å². The topological polar surface area (TPSA) is 113 Å². The van der Waals surface area contributed by atoms with Crippen molar-refractivity contribution < 1.29 is 23.8 Å². The summed E-state index contributed by atoms with van der Waals surface area (Å²) in [6.07, 6.45) is 2.09. The molecule has 0 saturated carbocycles. The highest BCUT2D eigenvalue weighted by Crippen LogP contribution is 2.17. The van der Waals surface area contributed by atoms with E-state index in [1.54, 1.807) is 0 Å². The Balaban J connectivity index is 1.69. The number of fused-ring (bicyclic) bond motifs is 1. The van der Waals surface area contributed by atoms with Gasteiger partial charge in [0.2, 0.25) is 11.3 Å². The number of amides is 1. The molecule has 0 radical (unpaired) electrons. The summed E-state index contributed by atoms with van der Waals surface area (Å²) in [6.45, 7) is -0.151. The molecular weight excluding hydrogens is 436 g/mol. The highest BCUT2D eigenvalue weighted by Gasteiger charge is 2.20. The van der Waals surface area contributed by atoms with Crippen molar-refractivity contribution in [3.05, 3.63) is 110 Å². The lowest BCUT2D eigenvalue weighted by Crippen LogP contribution is -2.31. The molecule has 0 fully saturated rings. The maximum absolute atomic E-state index is 13.1. The van der Waals surface area contributed by atoms with Gasteiger partial charge in [-0.3, -0.25) is 19.0 Å². The van der Waals surface area contributed by atoms with Gasteiger partial charge in [-0.25, -0.2) is 8.78 Å². The van der Waals surface area contributed by atoms with Crippen LogP contribution in [0.4, 0.5) is 8.78 Å². The van der Waals surface area contributed by atoms with Gasteiger partial charge in [0.15, 0.2) is 11.3 Å². The second kappa shape index (κ2) is 8.58. The number of halogens is 2. The van der Waals surface area contributed by atoms with Crippen molar-refractivity contribution >= 4 is 11.4 Å². The van der Waals surface area contributed by atoms with Crippen LogP contribution in [0.25, 0.3) is 5.52 Å². The Hall–Kier alpha value is -4.47. The van der Waals surface area contributed by atoms with Gasteiger partial charge in [-0.2, -0.15) is 0 Å². The average Bonchev–Trinajstić information content (AvgIpc) is 2.79. The van der Waals surface area contributed by atoms with E-state index in [1.165, 1.54) is 48.5 Å². The normalized spacial score (nSPS) is 11.0. The minimum absolute atomic E-state index is 0.00741. The average molecular weight is 453 g/mol. The van der Waals surface area contributed by atoms with Crippen LogP contribution in [-0.2, 0) is 13.1 Å². The SMILES string of the molecule is O=C(NCc1ccc(F)cc1)c1cn2cc(O)n(Cc3ccc(F)cc3)c(=O)c2c(O)c1=O. The summed E-state index contributed by atoms with van der Waals surface area (Å²) in [7, 11) is 0. The fourth-order valence-corrected chi connectivity index (χ4v) is 3.33. The van der Waals surface area contributed by atoms with E-state index in [0.717, 1.165) is 21.4 Å². The van der Waals surface area contributed by atoms with Crippen molar-refractivity contribution in [2.24, 2.45) is 0 Å². The van der Waals surface area contributed by atoms with Crippen LogP contribution < -0.4 is 16.3 Å². The standard InChI is InChI=1S/C23H17F2N3O5/c24-15-5-1-13(2-6-15)9-26-22(32)17-11-27-12-18(29)28(10-14-3-7-16(25)8-4-14)23(33)19(27)21(31)20(17)30/h1-8,11-12,29,31H,9-10H2,(H,26,32). The fourth-order valence-electron chi connectivity index (χ4n) is 3.33. The van der Waals surface area contributed by atoms with E-state index in [2.05, 4.69) is 5.32 Å². The van der Waals surface area contributed by atoms with Gasteiger partial charge in [-0.15, -0.1) is 0 Å². The van der Waals surface area contributed by atoms with E-state index in [0.29, 0.717) is 11.1 Å². The molecule has 4 rings (SSSR count). The fraction of sp³-hybridized carbons (Fsp3) is 0.0870. The summed E-state index contributed by atoms with van der Waals surface area (Å²) in [5.41, 5.74) is -1.76. The molecule has 2 heterocycles. The summed E-state index contributed by atoms with van der Waals surface area (Å²) < 4.78 is 28.0. The molecule has 0 aliphatic carbocycles. The molecule has 3 N–H and O–H groups in total. The lowest BCUT2D eigenvalue weighted by atomic mass is 10.2. The van der Waals surface area contributed by atoms with Crippen molar-refractivity contribution in [2.45, 2.75) is 13.1 Å². The number of nitrogens with one attached hydrogen (secondary N) is 1. The lowest BCUT2D eigenvalue weighted by molar-refractivity contribution is 0.0949. The summed E-state index contributed by atoms with van der Waals surface area (Å²) in [6, 6.07) is 10.6. The zero-order valence-electron chi connectivity index (χ0n) is 17.0. The van der Waals surface area contributed by atoms with Gasteiger partial charge < -0.3 is 19.9 Å². The first kappa shape index (κ1) is 21.8. The molecule has 1 amide bonds. The summed E-state index contributed by atoms with van der Waals surface area (Å²) >= 11 is 0. The van der Waals surface area contributed by atoms with E-state index < -0.39 is 51.2 Å². The third-order valence-corrected chi connectivity index (χ3v) is 5.05. The van der Waals surface area contributed by atoms with Crippen molar-refractivity contribution in [1.29, 1.82) is 0 Å². The Labute approximate surface area is 184 Å². The zero-order chi connectivity index (χ0) is 23.7. The first-order chi connectivity index (χ1) is 15.7. The second-order valence-corrected chi connectivity index (χ2v) is 7.29. The summed E-state index contributed by atoms with van der Waals surface area (Å²) in [5.74, 6) is -3.19. The second-order valence-electron chi connectivity index (χ2n) is 7.29. The van der Waals surface area contributed by atoms with Crippen LogP contribution >= 0.6 is 0 Å². The van der Waals surface area contributed by atoms with Gasteiger partial charge in [-0.05, 0) is 35.4 Å². The van der Waals surface area contributed by atoms with Gasteiger partial charge >= 0.3 is 0 Å². The van der Waals surface area contributed by atoms with Gasteiger partial charge in [0.05, 0.1) is 12.7 Å². The predicted octanol–water partition coefficient (Wildman–Crippen LogP) is 2.13. The first-order valence-electron chi connectivity index (χ1n) is 9.72. The van der Waals surface area contributed by atoms with Gasteiger partial charge in [-0.1, -0.05) is 24.3 Å². The molecule has 4 aromatic rings. The summed E-state index contributed by atoms with van der Waals surface area (Å²) in [4.78, 5) is 38.0. The minimum Gasteiger partial charge on any atom is -0.503 e. The molecule has 0 spiro atoms. The van der Waals surface area contributed by atoms with Crippen LogP contribution in [-0.4, -0.2) is 25.1 Å². The molecule has 0 bridgehead atoms. The number of rotatable bonds is 5. The number of aromatic nitrogens is 2. The van der Waals surface area contributed by atoms with Crippen molar-refractivity contribution in [3.8, 4) is 11.6 Å². The predicted molar refractivity (Wildman–Crippen MR) is 114 cm³/mol. The smallest absolute Gasteiger partial charge is 0.281 e. The number of aromatic hydroxyl groups is 2. The lowest BCUT2D eigenvalue weighted by Gasteiger charge is -2.13. The maximum Gasteiger partial charge on any atom is 0.281 e. The van der Waals surface area contributed by atoms with E-state index in [4.69, 9.17) is 0 Å². The molecule has 33 heavy (non-hydrogen) atoms. The number of nitrogens with zero attached hydrogens (tertiary/aromatic N) is 2. The quantitative estimate of drug-likeness (QED) is 0.429. The van der Waals surface area contributed by atoms with Gasteiger partial charge in [0.1, 0.15) is 17.2 Å². The Morgan fingerprint density at radius 3 is 2.06 bits per heavy atom. The number of carbonyl (C=O) groups excluding carboxylic acids is 1. The highest BCUT2D eigenvalue weighted by molar-refractivity contribution is 5.94. The van der Waals surface area contributed by atoms with Crippen LogP contribution in [0.5, 0.6) is 11.6 Å². The number of pyridine rings is 1. The molecule has 0 aliphatic heterocycles. The van der Waals surface area contributed by atoms with Gasteiger partial charge in [0.25, 0.3) is 11.5 Å². The zero-order valence-corrected chi connectivity index (χ0v) is 17.0. The number of carbonyl (C=O) groups is 1. The molecule has 0 atom stereocenters. The van der Waals surface area contributed by atoms with E-state index in [1.807, 2.05) is 0 Å². The molecule has 0 unspecified atom stereocenters. The number of hydrogen-bond donors (Lipinski definition) is 3. The van der Waals surface area contributed by atoms with Crippen LogP contribution in [0.3, 0.4) is 0 Å². The molecule has 168 valence electrons. The number of benzene rings is 2. The monoisotopic (exact) mass is 453 g/mol. The third kappa shape index (κ3) is 4.31. The van der Waals surface area contributed by atoms with Crippen LogP contribution in [0.15, 0.2) is 70.5 Å². The van der Waals surface area contributed by atoms with E-state index in [9.17, 15) is 33.4 Å². The Kier molecular flexibility index (Phi) is 5.65. The largest absolute Gasteiger partial charge is 0.503 e. The minimum atomic E-state index is -1.07. The number of hydrogen-bond acceptors (Lipinski definition) is 5. The Bertz CT molecular complexity index is 1480.